The number of hydrogen-bond acceptors (Lipinski definition) is 4. The summed E-state index contributed by atoms with van der Waals surface area (Å²) >= 11 is 3.40. The number of hydrazine groups is 1. The van der Waals surface area contributed by atoms with Gasteiger partial charge in [0.25, 0.3) is 0 Å². The van der Waals surface area contributed by atoms with Crippen molar-refractivity contribution < 1.29 is 9.47 Å². The minimum atomic E-state index is 0.533. The summed E-state index contributed by atoms with van der Waals surface area (Å²) in [6, 6.07) is 5.64. The second kappa shape index (κ2) is 7.26. The molecule has 0 aromatic heterocycles. The molecule has 5 nitrogen and oxygen atoms in total. The third-order valence-corrected chi connectivity index (χ3v) is 2.61. The van der Waals surface area contributed by atoms with Crippen molar-refractivity contribution in [3.63, 3.8) is 0 Å². The van der Waals surface area contributed by atoms with Crippen molar-refractivity contribution >= 4 is 21.8 Å². The quantitative estimate of drug-likeness (QED) is 0.283. The van der Waals surface area contributed by atoms with Gasteiger partial charge in [0.2, 0.25) is 0 Å². The van der Waals surface area contributed by atoms with E-state index in [0.29, 0.717) is 24.7 Å². The van der Waals surface area contributed by atoms with Crippen molar-refractivity contribution in [1.29, 1.82) is 0 Å². The average molecular weight is 302 g/mol. The van der Waals surface area contributed by atoms with Gasteiger partial charge in [-0.05, 0) is 18.2 Å². The second-order valence-corrected chi connectivity index (χ2v) is 4.13. The van der Waals surface area contributed by atoms with Crippen LogP contribution in [-0.2, 0) is 4.74 Å². The lowest BCUT2D eigenvalue weighted by Gasteiger charge is -2.11. The Morgan fingerprint density at radius 3 is 2.82 bits per heavy atom. The number of halogens is 1. The molecule has 0 radical (unpaired) electrons. The van der Waals surface area contributed by atoms with Crippen molar-refractivity contribution in [3.8, 4) is 5.75 Å². The van der Waals surface area contributed by atoms with E-state index in [0.717, 1.165) is 10.0 Å². The molecule has 94 valence electrons. The summed E-state index contributed by atoms with van der Waals surface area (Å²) in [7, 11) is 3.24. The third kappa shape index (κ3) is 3.99. The standard InChI is InChI=1S/C11H16BrN3O2/c1-16-6-5-14-11(15-13)9-7-8(12)3-4-10(9)17-2/h3-4,7H,5-6,13H2,1-2H3,(H,14,15). The Hall–Kier alpha value is -1.11. The first kappa shape index (κ1) is 14.0. The Morgan fingerprint density at radius 1 is 1.47 bits per heavy atom. The van der Waals surface area contributed by atoms with Gasteiger partial charge < -0.3 is 14.9 Å². The summed E-state index contributed by atoms with van der Waals surface area (Å²) in [6.07, 6.45) is 0. The predicted octanol–water partition coefficient (Wildman–Crippen LogP) is 1.31. The number of hydrogen-bond donors (Lipinski definition) is 2. The van der Waals surface area contributed by atoms with Crippen LogP contribution >= 0.6 is 15.9 Å². The molecule has 1 aromatic rings. The zero-order valence-corrected chi connectivity index (χ0v) is 11.5. The van der Waals surface area contributed by atoms with Gasteiger partial charge in [0, 0.05) is 11.6 Å². The van der Waals surface area contributed by atoms with E-state index >= 15 is 0 Å². The molecule has 0 saturated carbocycles. The molecule has 0 heterocycles. The van der Waals surface area contributed by atoms with E-state index in [1.807, 2.05) is 18.2 Å². The highest BCUT2D eigenvalue weighted by molar-refractivity contribution is 9.10. The number of nitrogens with two attached hydrogens (primary N) is 1. The van der Waals surface area contributed by atoms with E-state index in [1.165, 1.54) is 0 Å². The normalized spacial score (nSPS) is 11.4. The Kier molecular flexibility index (Phi) is 5.96. The van der Waals surface area contributed by atoms with Gasteiger partial charge in [-0.1, -0.05) is 15.9 Å². The summed E-state index contributed by atoms with van der Waals surface area (Å²) < 4.78 is 11.1. The van der Waals surface area contributed by atoms with Gasteiger partial charge in [-0.15, -0.1) is 0 Å². The van der Waals surface area contributed by atoms with Crippen LogP contribution in [0.15, 0.2) is 27.7 Å². The lowest BCUT2D eigenvalue weighted by molar-refractivity contribution is 0.208. The van der Waals surface area contributed by atoms with Crippen LogP contribution in [-0.4, -0.2) is 33.2 Å². The summed E-state index contributed by atoms with van der Waals surface area (Å²) in [4.78, 5) is 4.31. The van der Waals surface area contributed by atoms with E-state index in [1.54, 1.807) is 14.2 Å². The molecular weight excluding hydrogens is 286 g/mol. The molecule has 0 aliphatic heterocycles. The topological polar surface area (TPSA) is 68.9 Å². The summed E-state index contributed by atoms with van der Waals surface area (Å²) in [6.45, 7) is 1.08. The molecule has 1 aromatic carbocycles. The van der Waals surface area contributed by atoms with Crippen molar-refractivity contribution in [1.82, 2.24) is 5.43 Å². The van der Waals surface area contributed by atoms with Gasteiger partial charge in [-0.3, -0.25) is 4.99 Å². The number of nitrogens with zero attached hydrogens (tertiary/aromatic N) is 1. The fourth-order valence-electron chi connectivity index (χ4n) is 1.32. The minimum absolute atomic E-state index is 0.533. The summed E-state index contributed by atoms with van der Waals surface area (Å²) in [5.74, 6) is 6.75. The molecule has 0 bridgehead atoms. The SMILES string of the molecule is COCCN=C(NN)c1cc(Br)ccc1OC. The van der Waals surface area contributed by atoms with Crippen LogP contribution in [0.1, 0.15) is 5.56 Å². The molecule has 0 spiro atoms. The maximum absolute atomic E-state index is 5.47. The Labute approximate surface area is 109 Å². The first-order valence-electron chi connectivity index (χ1n) is 5.06. The van der Waals surface area contributed by atoms with Crippen molar-refractivity contribution in [3.05, 3.63) is 28.2 Å². The largest absolute Gasteiger partial charge is 0.496 e. The molecule has 0 fully saturated rings. The van der Waals surface area contributed by atoms with Crippen LogP contribution in [0.3, 0.4) is 0 Å². The maximum Gasteiger partial charge on any atom is 0.146 e. The molecule has 6 heteroatoms. The lowest BCUT2D eigenvalue weighted by atomic mass is 10.2. The molecule has 0 saturated heterocycles. The van der Waals surface area contributed by atoms with Crippen LogP contribution in [0.25, 0.3) is 0 Å². The van der Waals surface area contributed by atoms with Crippen molar-refractivity contribution in [2.75, 3.05) is 27.4 Å². The molecule has 0 aliphatic carbocycles. The molecule has 0 amide bonds. The van der Waals surface area contributed by atoms with E-state index in [9.17, 15) is 0 Å². The predicted molar refractivity (Wildman–Crippen MR) is 71.3 cm³/mol. The smallest absolute Gasteiger partial charge is 0.146 e. The number of ether oxygens (including phenoxy) is 2. The van der Waals surface area contributed by atoms with E-state index < -0.39 is 0 Å². The van der Waals surface area contributed by atoms with E-state index in [4.69, 9.17) is 15.3 Å². The first-order chi connectivity index (χ1) is 8.22. The van der Waals surface area contributed by atoms with Gasteiger partial charge in [0.15, 0.2) is 0 Å². The van der Waals surface area contributed by atoms with Gasteiger partial charge in [-0.2, -0.15) is 0 Å². The minimum Gasteiger partial charge on any atom is -0.496 e. The molecular formula is C11H16BrN3O2. The highest BCUT2D eigenvalue weighted by Crippen LogP contribution is 2.22. The number of benzene rings is 1. The third-order valence-electron chi connectivity index (χ3n) is 2.12. The van der Waals surface area contributed by atoms with Gasteiger partial charge >= 0.3 is 0 Å². The molecule has 0 atom stereocenters. The zero-order valence-electron chi connectivity index (χ0n) is 9.87. The molecule has 17 heavy (non-hydrogen) atoms. The zero-order chi connectivity index (χ0) is 12.7. The maximum atomic E-state index is 5.47. The van der Waals surface area contributed by atoms with Gasteiger partial charge in [0.05, 0.1) is 25.8 Å². The van der Waals surface area contributed by atoms with Crippen LogP contribution in [0.5, 0.6) is 5.75 Å². The number of nitrogens with one attached hydrogen (secondary N) is 1. The highest BCUT2D eigenvalue weighted by Gasteiger charge is 2.09. The summed E-state index contributed by atoms with van der Waals surface area (Å²) in [5, 5.41) is 0. The van der Waals surface area contributed by atoms with E-state index in [-0.39, 0.29) is 0 Å². The number of rotatable bonds is 5. The Morgan fingerprint density at radius 2 is 2.24 bits per heavy atom. The van der Waals surface area contributed by atoms with Crippen LogP contribution in [0.4, 0.5) is 0 Å². The fourth-order valence-corrected chi connectivity index (χ4v) is 1.68. The Balaban J connectivity index is 3.01. The Bertz CT molecular complexity index is 396. The van der Waals surface area contributed by atoms with Crippen molar-refractivity contribution in [2.45, 2.75) is 0 Å². The molecule has 1 rings (SSSR count). The average Bonchev–Trinajstić information content (AvgIpc) is 2.35. The number of amidine groups is 1. The van der Waals surface area contributed by atoms with Crippen LogP contribution < -0.4 is 16.0 Å². The summed E-state index contributed by atoms with van der Waals surface area (Å²) in [5.41, 5.74) is 3.38. The molecule has 0 aliphatic rings. The lowest BCUT2D eigenvalue weighted by Crippen LogP contribution is -2.32. The number of aliphatic imine (C=N–C) groups is 1. The van der Waals surface area contributed by atoms with Gasteiger partial charge in [-0.25, -0.2) is 5.84 Å². The van der Waals surface area contributed by atoms with Crippen LogP contribution in [0, 0.1) is 0 Å². The highest BCUT2D eigenvalue weighted by atomic mass is 79.9. The fraction of sp³-hybridized carbons (Fsp3) is 0.364. The van der Waals surface area contributed by atoms with Crippen molar-refractivity contribution in [2.24, 2.45) is 10.8 Å². The monoisotopic (exact) mass is 301 g/mol. The van der Waals surface area contributed by atoms with E-state index in [2.05, 4.69) is 26.3 Å². The molecule has 0 unspecified atom stereocenters. The van der Waals surface area contributed by atoms with Crippen LogP contribution in [0.2, 0.25) is 0 Å². The first-order valence-corrected chi connectivity index (χ1v) is 5.86. The second-order valence-electron chi connectivity index (χ2n) is 3.21. The van der Waals surface area contributed by atoms with Gasteiger partial charge in [0.1, 0.15) is 11.6 Å². The number of methoxy groups -OCH3 is 2. The molecule has 3 N–H and O–H groups in total.